The summed E-state index contributed by atoms with van der Waals surface area (Å²) in [5.41, 5.74) is 1.09. The van der Waals surface area contributed by atoms with Gasteiger partial charge in [0.15, 0.2) is 0 Å². The van der Waals surface area contributed by atoms with Gasteiger partial charge >= 0.3 is 0 Å². The van der Waals surface area contributed by atoms with Gasteiger partial charge in [0.2, 0.25) is 10.0 Å². The second-order valence-corrected chi connectivity index (χ2v) is 8.29. The van der Waals surface area contributed by atoms with Crippen LogP contribution in [-0.4, -0.2) is 38.7 Å². The Labute approximate surface area is 139 Å². The highest BCUT2D eigenvalue weighted by atomic mass is 79.9. The zero-order valence-electron chi connectivity index (χ0n) is 11.9. The van der Waals surface area contributed by atoms with Crippen LogP contribution < -0.4 is 4.74 Å². The molecule has 0 saturated carbocycles. The van der Waals surface area contributed by atoms with Gasteiger partial charge in [-0.05, 0) is 30.5 Å². The van der Waals surface area contributed by atoms with Crippen molar-refractivity contribution in [3.63, 3.8) is 0 Å². The quantitative estimate of drug-likeness (QED) is 0.718. The highest BCUT2D eigenvalue weighted by molar-refractivity contribution is 9.08. The first-order valence-electron chi connectivity index (χ1n) is 6.82. The largest absolute Gasteiger partial charge is 0.492 e. The van der Waals surface area contributed by atoms with Crippen LogP contribution in [0.2, 0.25) is 5.02 Å². The molecule has 0 bridgehead atoms. The minimum atomic E-state index is -3.11. The molecule has 1 heterocycles. The van der Waals surface area contributed by atoms with Crippen molar-refractivity contribution in [2.45, 2.75) is 18.2 Å². The van der Waals surface area contributed by atoms with Crippen molar-refractivity contribution < 1.29 is 13.2 Å². The van der Waals surface area contributed by atoms with E-state index in [0.29, 0.717) is 30.5 Å². The molecule has 1 unspecified atom stereocenters. The van der Waals surface area contributed by atoms with Gasteiger partial charge in [-0.3, -0.25) is 0 Å². The van der Waals surface area contributed by atoms with Crippen LogP contribution >= 0.6 is 27.5 Å². The normalized spacial score (nSPS) is 20.4. The van der Waals surface area contributed by atoms with E-state index in [1.54, 1.807) is 0 Å². The fraction of sp³-hybridized carbons (Fsp3) is 0.571. The molecule has 0 N–H and O–H groups in total. The Hall–Kier alpha value is -0.300. The molecule has 1 aliphatic rings. The zero-order chi connectivity index (χ0) is 15.5. The molecule has 0 aliphatic carbocycles. The minimum Gasteiger partial charge on any atom is -0.492 e. The van der Waals surface area contributed by atoms with Crippen LogP contribution in [0, 0.1) is 5.92 Å². The van der Waals surface area contributed by atoms with Crippen molar-refractivity contribution in [2.75, 3.05) is 26.0 Å². The predicted molar refractivity (Wildman–Crippen MR) is 88.7 cm³/mol. The molecule has 0 amide bonds. The predicted octanol–water partition coefficient (Wildman–Crippen LogP) is 3.29. The van der Waals surface area contributed by atoms with Crippen molar-refractivity contribution in [2.24, 2.45) is 5.92 Å². The van der Waals surface area contributed by atoms with E-state index >= 15 is 0 Å². The van der Waals surface area contributed by atoms with E-state index in [2.05, 4.69) is 15.9 Å². The molecule has 2 rings (SSSR count). The summed E-state index contributed by atoms with van der Waals surface area (Å²) in [6, 6.07) is 5.69. The first-order valence-corrected chi connectivity index (χ1v) is 10.2. The maximum Gasteiger partial charge on any atom is 0.211 e. The molecule has 1 atom stereocenters. The maximum absolute atomic E-state index is 11.6. The Morgan fingerprint density at radius 2 is 2.24 bits per heavy atom. The molecule has 1 fully saturated rings. The van der Waals surface area contributed by atoms with E-state index in [9.17, 15) is 8.42 Å². The fourth-order valence-corrected chi connectivity index (χ4v) is 3.97. The molecule has 1 aromatic rings. The number of alkyl halides is 1. The number of ether oxygens (including phenoxy) is 1. The van der Waals surface area contributed by atoms with Gasteiger partial charge in [-0.1, -0.05) is 33.6 Å². The van der Waals surface area contributed by atoms with E-state index in [4.69, 9.17) is 16.3 Å². The molecule has 0 aromatic heterocycles. The SMILES string of the molecule is CS(=O)(=O)N1CCCC(COc2ccc(CBr)cc2Cl)C1. The summed E-state index contributed by atoms with van der Waals surface area (Å²) < 4.78 is 30.5. The summed E-state index contributed by atoms with van der Waals surface area (Å²) >= 11 is 9.56. The van der Waals surface area contributed by atoms with Gasteiger partial charge in [0, 0.05) is 24.3 Å². The lowest BCUT2D eigenvalue weighted by Crippen LogP contribution is -2.40. The third-order valence-corrected chi connectivity index (χ3v) is 5.79. The third kappa shape index (κ3) is 4.84. The lowest BCUT2D eigenvalue weighted by molar-refractivity contribution is 0.181. The van der Waals surface area contributed by atoms with Gasteiger partial charge in [-0.25, -0.2) is 12.7 Å². The average molecular weight is 397 g/mol. The Morgan fingerprint density at radius 1 is 1.48 bits per heavy atom. The summed E-state index contributed by atoms with van der Waals surface area (Å²) in [5.74, 6) is 0.859. The van der Waals surface area contributed by atoms with E-state index in [1.807, 2.05) is 18.2 Å². The summed E-state index contributed by atoms with van der Waals surface area (Å²) in [5, 5.41) is 1.33. The van der Waals surface area contributed by atoms with Gasteiger partial charge < -0.3 is 4.74 Å². The van der Waals surface area contributed by atoms with Crippen LogP contribution in [0.1, 0.15) is 18.4 Å². The molecule has 1 saturated heterocycles. The van der Waals surface area contributed by atoms with Crippen LogP contribution in [-0.2, 0) is 15.4 Å². The van der Waals surface area contributed by atoms with Crippen molar-refractivity contribution in [1.82, 2.24) is 4.31 Å². The smallest absolute Gasteiger partial charge is 0.211 e. The molecule has 118 valence electrons. The van der Waals surface area contributed by atoms with Gasteiger partial charge in [-0.2, -0.15) is 0 Å². The fourth-order valence-electron chi connectivity index (χ4n) is 2.42. The van der Waals surface area contributed by atoms with Gasteiger partial charge in [-0.15, -0.1) is 0 Å². The van der Waals surface area contributed by atoms with Crippen LogP contribution in [0.15, 0.2) is 18.2 Å². The molecular formula is C14H19BrClNO3S. The van der Waals surface area contributed by atoms with Gasteiger partial charge in [0.25, 0.3) is 0 Å². The number of halogens is 2. The molecule has 0 radical (unpaired) electrons. The standard InChI is InChI=1S/C14H19BrClNO3S/c1-21(18,19)17-6-2-3-12(9-17)10-20-14-5-4-11(8-15)7-13(14)16/h4-5,7,12H,2-3,6,8-10H2,1H3. The number of piperidine rings is 1. The molecule has 4 nitrogen and oxygen atoms in total. The lowest BCUT2D eigenvalue weighted by Gasteiger charge is -2.30. The second-order valence-electron chi connectivity index (χ2n) is 5.34. The van der Waals surface area contributed by atoms with Crippen molar-refractivity contribution >= 4 is 37.6 Å². The maximum atomic E-state index is 11.6. The first-order chi connectivity index (χ1) is 9.90. The van der Waals surface area contributed by atoms with Crippen molar-refractivity contribution in [1.29, 1.82) is 0 Å². The van der Waals surface area contributed by atoms with Crippen molar-refractivity contribution in [3.05, 3.63) is 28.8 Å². The number of benzene rings is 1. The number of hydrogen-bond acceptors (Lipinski definition) is 3. The third-order valence-electron chi connectivity index (χ3n) is 3.58. The topological polar surface area (TPSA) is 46.6 Å². The number of hydrogen-bond donors (Lipinski definition) is 0. The molecule has 0 spiro atoms. The van der Waals surface area contributed by atoms with Gasteiger partial charge in [0.05, 0.1) is 17.9 Å². The van der Waals surface area contributed by atoms with Crippen molar-refractivity contribution in [3.8, 4) is 5.75 Å². The molecule has 7 heteroatoms. The highest BCUT2D eigenvalue weighted by Gasteiger charge is 2.26. The van der Waals surface area contributed by atoms with Crippen LogP contribution in [0.25, 0.3) is 0 Å². The Morgan fingerprint density at radius 3 is 2.86 bits per heavy atom. The second kappa shape index (κ2) is 7.31. The summed E-state index contributed by atoms with van der Waals surface area (Å²) in [4.78, 5) is 0. The Balaban J connectivity index is 1.94. The number of rotatable bonds is 5. The Kier molecular flexibility index (Phi) is 5.94. The van der Waals surface area contributed by atoms with E-state index in [-0.39, 0.29) is 5.92 Å². The number of sulfonamides is 1. The molecule has 1 aromatic carbocycles. The summed E-state index contributed by atoms with van der Waals surface area (Å²) in [7, 11) is -3.11. The molecule has 1 aliphatic heterocycles. The molecule has 21 heavy (non-hydrogen) atoms. The Bertz CT molecular complexity index is 594. The summed E-state index contributed by atoms with van der Waals surface area (Å²) in [6.45, 7) is 1.62. The summed E-state index contributed by atoms with van der Waals surface area (Å²) in [6.07, 6.45) is 3.10. The van der Waals surface area contributed by atoms with Gasteiger partial charge in [0.1, 0.15) is 5.75 Å². The van der Waals surface area contributed by atoms with Crippen LogP contribution in [0.5, 0.6) is 5.75 Å². The molecular weight excluding hydrogens is 378 g/mol. The average Bonchev–Trinajstić information content (AvgIpc) is 2.45. The van der Waals surface area contributed by atoms with Crippen LogP contribution in [0.4, 0.5) is 0 Å². The monoisotopic (exact) mass is 395 g/mol. The van der Waals surface area contributed by atoms with E-state index < -0.39 is 10.0 Å². The minimum absolute atomic E-state index is 0.209. The number of nitrogens with zero attached hydrogens (tertiary/aromatic N) is 1. The van der Waals surface area contributed by atoms with E-state index in [0.717, 1.165) is 23.7 Å². The highest BCUT2D eigenvalue weighted by Crippen LogP contribution is 2.28. The van der Waals surface area contributed by atoms with E-state index in [1.165, 1.54) is 10.6 Å². The zero-order valence-corrected chi connectivity index (χ0v) is 15.0. The van der Waals surface area contributed by atoms with Crippen LogP contribution in [0.3, 0.4) is 0 Å². The lowest BCUT2D eigenvalue weighted by atomic mass is 10.0. The first kappa shape index (κ1) is 17.1.